The number of hydrogen-bond acceptors (Lipinski definition) is 7. The average molecular weight is 395 g/mol. The molecule has 9 heteroatoms. The molecule has 0 saturated carbocycles. The van der Waals surface area contributed by atoms with E-state index >= 15 is 0 Å². The monoisotopic (exact) mass is 395 g/mol. The molecule has 0 N–H and O–H groups in total. The third-order valence-corrected chi connectivity index (χ3v) is 5.59. The maximum atomic E-state index is 12.5. The number of amides is 1. The van der Waals surface area contributed by atoms with Crippen molar-refractivity contribution in [1.82, 2.24) is 29.9 Å². The molecule has 144 valence electrons. The van der Waals surface area contributed by atoms with Gasteiger partial charge in [0.1, 0.15) is 12.7 Å². The van der Waals surface area contributed by atoms with Gasteiger partial charge in [0.15, 0.2) is 11.6 Å². The summed E-state index contributed by atoms with van der Waals surface area (Å²) in [7, 11) is 0. The van der Waals surface area contributed by atoms with Gasteiger partial charge in [0, 0.05) is 43.2 Å². The fraction of sp³-hybridized carbons (Fsp3) is 0.316. The highest BCUT2D eigenvalue weighted by molar-refractivity contribution is 7.99. The van der Waals surface area contributed by atoms with Crippen molar-refractivity contribution in [2.75, 3.05) is 36.8 Å². The number of hydrogen-bond donors (Lipinski definition) is 0. The topological polar surface area (TPSA) is 80.0 Å². The summed E-state index contributed by atoms with van der Waals surface area (Å²) in [6.45, 7) is 2.94. The Hall–Kier alpha value is -2.94. The minimum Gasteiger partial charge on any atom is -0.352 e. The minimum absolute atomic E-state index is 0.218. The lowest BCUT2D eigenvalue weighted by Gasteiger charge is -2.35. The second-order valence-electron chi connectivity index (χ2n) is 6.37. The van der Waals surface area contributed by atoms with Crippen LogP contribution in [0.4, 0.5) is 5.82 Å². The quantitative estimate of drug-likeness (QED) is 0.590. The predicted octanol–water partition coefficient (Wildman–Crippen LogP) is 1.89. The van der Waals surface area contributed by atoms with Gasteiger partial charge in [0.25, 0.3) is 0 Å². The molecule has 28 heavy (non-hydrogen) atoms. The number of piperazine rings is 1. The first-order valence-corrected chi connectivity index (χ1v) is 10.2. The van der Waals surface area contributed by atoms with Gasteiger partial charge in [-0.05, 0) is 24.3 Å². The van der Waals surface area contributed by atoms with Crippen molar-refractivity contribution in [2.45, 2.75) is 11.3 Å². The van der Waals surface area contributed by atoms with Crippen LogP contribution in [0.25, 0.3) is 5.82 Å². The smallest absolute Gasteiger partial charge is 0.223 e. The zero-order valence-electron chi connectivity index (χ0n) is 15.4. The van der Waals surface area contributed by atoms with Crippen molar-refractivity contribution in [3.8, 4) is 5.82 Å². The summed E-state index contributed by atoms with van der Waals surface area (Å²) in [4.78, 5) is 21.7. The van der Waals surface area contributed by atoms with E-state index in [4.69, 9.17) is 0 Å². The Kier molecular flexibility index (Phi) is 5.81. The molecule has 3 heterocycles. The Labute approximate surface area is 167 Å². The molecule has 0 spiro atoms. The minimum atomic E-state index is 0.218. The van der Waals surface area contributed by atoms with Crippen LogP contribution in [0, 0.1) is 0 Å². The van der Waals surface area contributed by atoms with Gasteiger partial charge in [-0.25, -0.2) is 9.67 Å². The van der Waals surface area contributed by atoms with E-state index in [2.05, 4.69) is 37.3 Å². The highest BCUT2D eigenvalue weighted by Crippen LogP contribution is 2.19. The summed E-state index contributed by atoms with van der Waals surface area (Å²) >= 11 is 1.72. The Morgan fingerprint density at radius 2 is 1.71 bits per heavy atom. The maximum Gasteiger partial charge on any atom is 0.223 e. The average Bonchev–Trinajstić information content (AvgIpc) is 3.30. The third-order valence-electron chi connectivity index (χ3n) is 4.57. The van der Waals surface area contributed by atoms with E-state index in [0.717, 1.165) is 24.7 Å². The van der Waals surface area contributed by atoms with E-state index < -0.39 is 0 Å². The molecule has 1 saturated heterocycles. The highest BCUT2D eigenvalue weighted by Gasteiger charge is 2.22. The van der Waals surface area contributed by atoms with Gasteiger partial charge in [0.05, 0.1) is 0 Å². The summed E-state index contributed by atoms with van der Waals surface area (Å²) in [6.07, 6.45) is 3.61. The normalized spacial score (nSPS) is 14.3. The van der Waals surface area contributed by atoms with Crippen LogP contribution in [0.2, 0.25) is 0 Å². The van der Waals surface area contributed by atoms with Crippen molar-refractivity contribution in [3.63, 3.8) is 0 Å². The molecule has 3 aromatic rings. The Morgan fingerprint density at radius 3 is 2.39 bits per heavy atom. The molecule has 4 rings (SSSR count). The lowest BCUT2D eigenvalue weighted by Crippen LogP contribution is -2.49. The van der Waals surface area contributed by atoms with Crippen LogP contribution in [-0.2, 0) is 4.79 Å². The van der Waals surface area contributed by atoms with Gasteiger partial charge >= 0.3 is 0 Å². The zero-order chi connectivity index (χ0) is 19.2. The number of nitrogens with zero attached hydrogens (tertiary/aromatic N) is 7. The Bertz CT molecular complexity index is 878. The van der Waals surface area contributed by atoms with Crippen LogP contribution >= 0.6 is 11.8 Å². The fourth-order valence-electron chi connectivity index (χ4n) is 3.05. The number of benzene rings is 1. The molecule has 1 aliphatic rings. The molecule has 2 aromatic heterocycles. The molecule has 0 radical (unpaired) electrons. The van der Waals surface area contributed by atoms with Crippen LogP contribution in [0.3, 0.4) is 0 Å². The molecule has 1 amide bonds. The first-order valence-electron chi connectivity index (χ1n) is 9.19. The first-order chi connectivity index (χ1) is 13.8. The number of rotatable bonds is 6. The first kappa shape index (κ1) is 18.4. The molecule has 0 aliphatic carbocycles. The van der Waals surface area contributed by atoms with Crippen LogP contribution in [0.15, 0.2) is 60.0 Å². The lowest BCUT2D eigenvalue weighted by molar-refractivity contribution is -0.131. The molecular weight excluding hydrogens is 374 g/mol. The van der Waals surface area contributed by atoms with Crippen LogP contribution in [0.5, 0.6) is 0 Å². The van der Waals surface area contributed by atoms with E-state index in [1.165, 1.54) is 11.2 Å². The summed E-state index contributed by atoms with van der Waals surface area (Å²) in [6, 6.07) is 14.0. The molecule has 1 aromatic carbocycles. The van der Waals surface area contributed by atoms with Gasteiger partial charge in [0.2, 0.25) is 5.91 Å². The van der Waals surface area contributed by atoms with Crippen molar-refractivity contribution in [2.24, 2.45) is 0 Å². The summed E-state index contributed by atoms with van der Waals surface area (Å²) in [5.41, 5.74) is 0. The van der Waals surface area contributed by atoms with Gasteiger partial charge in [-0.2, -0.15) is 5.10 Å². The van der Waals surface area contributed by atoms with E-state index in [1.54, 1.807) is 22.8 Å². The molecule has 0 unspecified atom stereocenters. The van der Waals surface area contributed by atoms with Crippen LogP contribution in [-0.4, -0.2) is 67.7 Å². The molecule has 0 bridgehead atoms. The molecular formula is C19H21N7OS. The van der Waals surface area contributed by atoms with E-state index in [0.29, 0.717) is 25.3 Å². The zero-order valence-corrected chi connectivity index (χ0v) is 16.2. The van der Waals surface area contributed by atoms with E-state index in [1.807, 2.05) is 35.2 Å². The number of thioether (sulfide) groups is 1. The van der Waals surface area contributed by atoms with Gasteiger partial charge < -0.3 is 9.80 Å². The Morgan fingerprint density at radius 1 is 0.964 bits per heavy atom. The SMILES string of the molecule is O=C(CCSc1ccccc1)N1CCN(c2ccc(-n3cncn3)nn2)CC1. The van der Waals surface area contributed by atoms with Crippen LogP contribution < -0.4 is 4.90 Å². The summed E-state index contributed by atoms with van der Waals surface area (Å²) < 4.78 is 1.57. The van der Waals surface area contributed by atoms with Crippen LogP contribution in [0.1, 0.15) is 6.42 Å². The molecule has 0 atom stereocenters. The van der Waals surface area contributed by atoms with Gasteiger partial charge in [-0.1, -0.05) is 18.2 Å². The van der Waals surface area contributed by atoms with Gasteiger partial charge in [-0.3, -0.25) is 4.79 Å². The van der Waals surface area contributed by atoms with Crippen molar-refractivity contribution >= 4 is 23.5 Å². The van der Waals surface area contributed by atoms with Gasteiger partial charge in [-0.15, -0.1) is 22.0 Å². The Balaban J connectivity index is 1.24. The second kappa shape index (κ2) is 8.83. The standard InChI is InChI=1S/C19H21N7OS/c27-19(8-13-28-16-4-2-1-3-5-16)25-11-9-24(10-12-25)17-6-7-18(23-22-17)26-15-20-14-21-26/h1-7,14-15H,8-13H2. The summed E-state index contributed by atoms with van der Waals surface area (Å²) in [5, 5.41) is 12.5. The molecule has 1 aliphatic heterocycles. The molecule has 1 fully saturated rings. The molecule has 8 nitrogen and oxygen atoms in total. The third kappa shape index (κ3) is 4.48. The lowest BCUT2D eigenvalue weighted by atomic mass is 10.3. The van der Waals surface area contributed by atoms with Crippen molar-refractivity contribution < 1.29 is 4.79 Å². The van der Waals surface area contributed by atoms with Crippen molar-refractivity contribution in [3.05, 3.63) is 55.1 Å². The predicted molar refractivity (Wildman–Crippen MR) is 108 cm³/mol. The van der Waals surface area contributed by atoms with E-state index in [9.17, 15) is 4.79 Å². The second-order valence-corrected chi connectivity index (χ2v) is 7.54. The fourth-order valence-corrected chi connectivity index (χ4v) is 3.91. The van der Waals surface area contributed by atoms with E-state index in [-0.39, 0.29) is 5.91 Å². The highest BCUT2D eigenvalue weighted by atomic mass is 32.2. The largest absolute Gasteiger partial charge is 0.352 e. The number of anilines is 1. The summed E-state index contributed by atoms with van der Waals surface area (Å²) in [5.74, 6) is 2.47. The number of aromatic nitrogens is 5. The number of carbonyl (C=O) groups excluding carboxylic acids is 1. The maximum absolute atomic E-state index is 12.5. The van der Waals surface area contributed by atoms with Crippen molar-refractivity contribution in [1.29, 1.82) is 0 Å². The number of carbonyl (C=O) groups is 1.